The molecule has 0 atom stereocenters. The second-order valence-electron chi connectivity index (χ2n) is 5.63. The van der Waals surface area contributed by atoms with E-state index in [0.29, 0.717) is 11.1 Å². The molecule has 0 radical (unpaired) electrons. The Morgan fingerprint density at radius 2 is 1.96 bits per heavy atom. The number of allylic oxidation sites excluding steroid dienone is 1. The molecule has 2 rings (SSSR count). The maximum atomic E-state index is 12.8. The molecule has 1 heterocycles. The lowest BCUT2D eigenvalue weighted by Crippen LogP contribution is -2.10. The van der Waals surface area contributed by atoms with Gasteiger partial charge in [0.1, 0.15) is 11.5 Å². The van der Waals surface area contributed by atoms with Crippen molar-refractivity contribution in [3.8, 4) is 11.4 Å². The van der Waals surface area contributed by atoms with Gasteiger partial charge in [-0.1, -0.05) is 12.1 Å². The Morgan fingerprint density at radius 3 is 2.54 bits per heavy atom. The van der Waals surface area contributed by atoms with Crippen LogP contribution in [0.25, 0.3) is 11.4 Å². The summed E-state index contributed by atoms with van der Waals surface area (Å²) in [5, 5.41) is 9.35. The van der Waals surface area contributed by atoms with Crippen LogP contribution in [-0.4, -0.2) is 28.2 Å². The molecule has 1 aromatic carbocycles. The molecule has 0 aliphatic rings. The number of carbonyl (C=O) groups is 1. The molecule has 0 aliphatic carbocycles. The van der Waals surface area contributed by atoms with Crippen molar-refractivity contribution in [2.75, 3.05) is 7.11 Å². The molecule has 5 nitrogen and oxygen atoms in total. The van der Waals surface area contributed by atoms with Crippen molar-refractivity contribution in [3.05, 3.63) is 58.6 Å². The van der Waals surface area contributed by atoms with E-state index < -0.39 is 17.8 Å². The Balaban J connectivity index is 2.47. The van der Waals surface area contributed by atoms with Gasteiger partial charge in [-0.05, 0) is 37.1 Å². The molecule has 0 saturated heterocycles. The summed E-state index contributed by atoms with van der Waals surface area (Å²) in [7, 11) is 1.37. The summed E-state index contributed by atoms with van der Waals surface area (Å²) < 4.78 is 43.5. The maximum Gasteiger partial charge on any atom is 0.433 e. The predicted octanol–water partition coefficient (Wildman–Crippen LogP) is 4.02. The lowest BCUT2D eigenvalue weighted by molar-refractivity contribution is -0.141. The van der Waals surface area contributed by atoms with Crippen molar-refractivity contribution in [1.82, 2.24) is 9.97 Å². The molecule has 138 valence electrons. The van der Waals surface area contributed by atoms with Gasteiger partial charge in [-0.2, -0.15) is 13.2 Å². The second-order valence-corrected chi connectivity index (χ2v) is 5.63. The van der Waals surface area contributed by atoms with Gasteiger partial charge in [-0.15, -0.1) is 0 Å². The van der Waals surface area contributed by atoms with E-state index in [1.54, 1.807) is 32.0 Å². The highest BCUT2D eigenvalue weighted by Gasteiger charge is 2.32. The van der Waals surface area contributed by atoms with E-state index >= 15 is 0 Å². The smallest absolute Gasteiger partial charge is 0.433 e. The number of aliphatic carboxylic acids is 1. The number of rotatable bonds is 5. The third kappa shape index (κ3) is 4.38. The van der Waals surface area contributed by atoms with E-state index in [1.165, 1.54) is 7.11 Å². The number of ether oxygens (including phenoxy) is 1. The first kappa shape index (κ1) is 19.4. The van der Waals surface area contributed by atoms with E-state index in [1.807, 2.05) is 0 Å². The van der Waals surface area contributed by atoms with Crippen molar-refractivity contribution in [1.29, 1.82) is 0 Å². The van der Waals surface area contributed by atoms with Gasteiger partial charge in [-0.25, -0.2) is 14.8 Å². The number of hydrogen-bond donors (Lipinski definition) is 1. The highest BCUT2D eigenvalue weighted by atomic mass is 19.4. The van der Waals surface area contributed by atoms with E-state index in [4.69, 9.17) is 4.74 Å². The fraction of sp³-hybridized carbons (Fsp3) is 0.278. The number of methoxy groups -OCH3 is 1. The Bertz CT molecular complexity index is 861. The number of halogens is 3. The van der Waals surface area contributed by atoms with Gasteiger partial charge < -0.3 is 9.84 Å². The van der Waals surface area contributed by atoms with E-state index in [0.717, 1.165) is 17.8 Å². The van der Waals surface area contributed by atoms with E-state index in [2.05, 4.69) is 9.97 Å². The molecule has 2 aromatic rings. The number of hydrogen-bond acceptors (Lipinski definition) is 4. The van der Waals surface area contributed by atoms with Gasteiger partial charge in [0.15, 0.2) is 5.82 Å². The normalized spacial score (nSPS) is 12.5. The fourth-order valence-corrected chi connectivity index (χ4v) is 2.32. The van der Waals surface area contributed by atoms with Crippen LogP contribution in [0.5, 0.6) is 0 Å². The van der Waals surface area contributed by atoms with Crippen LogP contribution in [0.1, 0.15) is 23.7 Å². The quantitative estimate of drug-likeness (QED) is 0.639. The van der Waals surface area contributed by atoms with E-state index in [9.17, 15) is 23.1 Å². The molecular formula is C18H17F3N2O3. The van der Waals surface area contributed by atoms with Gasteiger partial charge in [0.05, 0.1) is 12.7 Å². The Labute approximate surface area is 148 Å². The maximum absolute atomic E-state index is 12.8. The zero-order chi connectivity index (χ0) is 19.5. The van der Waals surface area contributed by atoms with Crippen molar-refractivity contribution in [2.45, 2.75) is 26.4 Å². The molecule has 8 heteroatoms. The molecule has 0 aliphatic heterocycles. The number of alkyl halides is 3. The van der Waals surface area contributed by atoms with Crippen molar-refractivity contribution < 1.29 is 27.8 Å². The monoisotopic (exact) mass is 366 g/mol. The van der Waals surface area contributed by atoms with Crippen LogP contribution in [0.2, 0.25) is 0 Å². The number of benzene rings is 1. The average Bonchev–Trinajstić information content (AvgIpc) is 2.59. The van der Waals surface area contributed by atoms with Crippen molar-refractivity contribution >= 4 is 5.97 Å². The third-order valence-corrected chi connectivity index (χ3v) is 3.91. The molecule has 0 bridgehead atoms. The minimum absolute atomic E-state index is 0.0631. The average molecular weight is 366 g/mol. The lowest BCUT2D eigenvalue weighted by Gasteiger charge is -2.12. The molecule has 0 amide bonds. The Hall–Kier alpha value is -2.90. The van der Waals surface area contributed by atoms with Crippen LogP contribution in [0, 0.1) is 6.92 Å². The third-order valence-electron chi connectivity index (χ3n) is 3.91. The van der Waals surface area contributed by atoms with Crippen LogP contribution in [0.15, 0.2) is 41.8 Å². The minimum atomic E-state index is -4.57. The highest BCUT2D eigenvalue weighted by Crippen LogP contribution is 2.29. The standard InChI is InChI=1S/C18H17F3N2O3/c1-10-4-5-12(16-22-7-6-15(23-16)18(19,20)21)8-13(10)9-14(17(24)25)11(2)26-3/h4-8H,9H2,1-3H3,(H,24,25). The Morgan fingerprint density at radius 1 is 1.27 bits per heavy atom. The molecule has 0 saturated carbocycles. The molecule has 0 spiro atoms. The van der Waals surface area contributed by atoms with Crippen LogP contribution in [0.3, 0.4) is 0 Å². The van der Waals surface area contributed by atoms with Gasteiger partial charge in [0.2, 0.25) is 0 Å². The largest absolute Gasteiger partial charge is 0.501 e. The topological polar surface area (TPSA) is 72.3 Å². The highest BCUT2D eigenvalue weighted by molar-refractivity contribution is 5.87. The number of carboxylic acids is 1. The minimum Gasteiger partial charge on any atom is -0.501 e. The molecule has 1 aromatic heterocycles. The van der Waals surface area contributed by atoms with Crippen molar-refractivity contribution in [3.63, 3.8) is 0 Å². The molecule has 1 N–H and O–H groups in total. The van der Waals surface area contributed by atoms with Crippen LogP contribution < -0.4 is 0 Å². The molecule has 0 fully saturated rings. The number of nitrogens with zero attached hydrogens (tertiary/aromatic N) is 2. The summed E-state index contributed by atoms with van der Waals surface area (Å²) in [6.45, 7) is 3.33. The zero-order valence-corrected chi connectivity index (χ0v) is 14.4. The van der Waals surface area contributed by atoms with Crippen molar-refractivity contribution in [2.24, 2.45) is 0 Å². The van der Waals surface area contributed by atoms with Gasteiger partial charge in [0, 0.05) is 18.2 Å². The first-order chi connectivity index (χ1) is 12.1. The zero-order valence-electron chi connectivity index (χ0n) is 14.4. The van der Waals surface area contributed by atoms with Crippen LogP contribution in [0.4, 0.5) is 13.2 Å². The Kier molecular flexibility index (Phi) is 5.64. The summed E-state index contributed by atoms with van der Waals surface area (Å²) in [5.41, 5.74) is 0.834. The second kappa shape index (κ2) is 7.55. The van der Waals surface area contributed by atoms with Crippen LogP contribution in [-0.2, 0) is 22.1 Å². The van der Waals surface area contributed by atoms with E-state index in [-0.39, 0.29) is 23.6 Å². The molecule has 26 heavy (non-hydrogen) atoms. The molecule has 0 unspecified atom stereocenters. The van der Waals surface area contributed by atoms with Crippen LogP contribution >= 0.6 is 0 Å². The predicted molar refractivity (Wildman–Crippen MR) is 88.3 cm³/mol. The SMILES string of the molecule is COC(C)=C(Cc1cc(-c2nccc(C(F)(F)F)n2)ccc1C)C(=O)O. The summed E-state index contributed by atoms with van der Waals surface area (Å²) in [6.07, 6.45) is -3.46. The molecular weight excluding hydrogens is 349 g/mol. The van der Waals surface area contributed by atoms with Gasteiger partial charge in [0.25, 0.3) is 0 Å². The first-order valence-corrected chi connectivity index (χ1v) is 7.60. The number of aromatic nitrogens is 2. The number of aryl methyl sites for hydroxylation is 1. The van der Waals surface area contributed by atoms with Gasteiger partial charge in [-0.3, -0.25) is 0 Å². The number of carboxylic acid groups (broad SMARTS) is 1. The first-order valence-electron chi connectivity index (χ1n) is 7.60. The fourth-order valence-electron chi connectivity index (χ4n) is 2.32. The summed E-state index contributed by atoms with van der Waals surface area (Å²) in [6, 6.07) is 5.68. The summed E-state index contributed by atoms with van der Waals surface area (Å²) in [5.74, 6) is -0.938. The summed E-state index contributed by atoms with van der Waals surface area (Å²) in [4.78, 5) is 18.9. The summed E-state index contributed by atoms with van der Waals surface area (Å²) >= 11 is 0. The lowest BCUT2D eigenvalue weighted by atomic mass is 9.97. The van der Waals surface area contributed by atoms with Gasteiger partial charge >= 0.3 is 12.1 Å².